The van der Waals surface area contributed by atoms with Crippen molar-refractivity contribution >= 4 is 33.9 Å². The number of para-hydroxylation sites is 2. The maximum Gasteiger partial charge on any atom is 0.410 e. The number of carbonyl (C=O) groups is 2. The van der Waals surface area contributed by atoms with E-state index < -0.39 is 12.2 Å². The highest BCUT2D eigenvalue weighted by Gasteiger charge is 2.35. The number of hydrogen-bond donors (Lipinski definition) is 2. The fourth-order valence-corrected chi connectivity index (χ4v) is 7.29. The van der Waals surface area contributed by atoms with Crippen molar-refractivity contribution in [1.29, 1.82) is 0 Å². The van der Waals surface area contributed by atoms with Gasteiger partial charge in [-0.1, -0.05) is 18.2 Å². The smallest absolute Gasteiger partial charge is 0.410 e. The molecule has 7 rings (SSSR count). The van der Waals surface area contributed by atoms with E-state index in [1.54, 1.807) is 11.1 Å². The second-order valence-corrected chi connectivity index (χ2v) is 12.8. The molecule has 45 heavy (non-hydrogen) atoms. The van der Waals surface area contributed by atoms with Crippen LogP contribution in [0.2, 0.25) is 0 Å². The van der Waals surface area contributed by atoms with Crippen LogP contribution in [0.4, 0.5) is 4.79 Å². The standard InChI is InChI=1S/C33H42N8O4/c1-37-16-18-38(19-17-37)25-8-12-39(13-9-25)31(42)30(21-23-6-7-27-24(20-23)22-34-36-27)45-33(44)40-14-10-26(11-15-40)41-29-5-3-2-4-28(29)35-32(41)43/h2-7,20,22,25-26,30H,8-19,21H2,1H3,(H,34,36)(H,35,43). The molecule has 2 aromatic heterocycles. The van der Waals surface area contributed by atoms with E-state index in [4.69, 9.17) is 4.74 Å². The normalized spacial score (nSPS) is 20.2. The van der Waals surface area contributed by atoms with Crippen LogP contribution in [0, 0.1) is 0 Å². The number of imidazole rings is 1. The fraction of sp³-hybridized carbons (Fsp3) is 0.515. The number of aromatic nitrogens is 4. The first-order valence-corrected chi connectivity index (χ1v) is 16.2. The third-order valence-electron chi connectivity index (χ3n) is 9.99. The lowest BCUT2D eigenvalue weighted by Gasteiger charge is -2.42. The number of hydrogen-bond acceptors (Lipinski definition) is 7. The first-order chi connectivity index (χ1) is 21.9. The van der Waals surface area contributed by atoms with Gasteiger partial charge in [-0.3, -0.25) is 19.4 Å². The van der Waals surface area contributed by atoms with E-state index in [1.165, 1.54) is 0 Å². The van der Waals surface area contributed by atoms with Crippen molar-refractivity contribution in [1.82, 2.24) is 39.3 Å². The Labute approximate surface area is 261 Å². The van der Waals surface area contributed by atoms with E-state index in [0.717, 1.165) is 66.5 Å². The molecule has 1 unspecified atom stereocenters. The van der Waals surface area contributed by atoms with Crippen molar-refractivity contribution in [3.8, 4) is 0 Å². The SMILES string of the molecule is CN1CCN(C2CCN(C(=O)C(Cc3ccc4[nH]ncc4c3)OC(=O)N3CCC(n4c(=O)[nH]c5ccccc54)CC3)CC2)CC1. The molecule has 3 saturated heterocycles. The molecule has 3 fully saturated rings. The molecule has 12 heteroatoms. The van der Waals surface area contributed by atoms with Crippen LogP contribution in [0.3, 0.4) is 0 Å². The van der Waals surface area contributed by atoms with Crippen molar-refractivity contribution in [3.63, 3.8) is 0 Å². The number of piperidine rings is 2. The van der Waals surface area contributed by atoms with Gasteiger partial charge in [-0.25, -0.2) is 9.59 Å². The highest BCUT2D eigenvalue weighted by molar-refractivity contribution is 5.85. The molecule has 4 aromatic rings. The zero-order valence-electron chi connectivity index (χ0n) is 25.9. The quantitative estimate of drug-likeness (QED) is 0.343. The number of piperazine rings is 1. The molecule has 0 bridgehead atoms. The summed E-state index contributed by atoms with van der Waals surface area (Å²) in [6.07, 6.45) is 3.78. The van der Waals surface area contributed by atoms with Gasteiger partial charge >= 0.3 is 11.8 Å². The van der Waals surface area contributed by atoms with Crippen LogP contribution in [0.25, 0.3) is 21.9 Å². The van der Waals surface area contributed by atoms with Crippen molar-refractivity contribution in [2.45, 2.75) is 50.3 Å². The minimum Gasteiger partial charge on any atom is -0.436 e. The van der Waals surface area contributed by atoms with Crippen LogP contribution in [-0.2, 0) is 16.0 Å². The van der Waals surface area contributed by atoms with Crippen molar-refractivity contribution in [2.24, 2.45) is 0 Å². The first-order valence-electron chi connectivity index (χ1n) is 16.2. The number of likely N-dealkylation sites (tertiary alicyclic amines) is 2. The van der Waals surface area contributed by atoms with Gasteiger partial charge in [-0.2, -0.15) is 5.10 Å². The summed E-state index contributed by atoms with van der Waals surface area (Å²) in [4.78, 5) is 51.7. The Balaban J connectivity index is 1.02. The number of nitrogens with zero attached hydrogens (tertiary/aromatic N) is 6. The van der Waals surface area contributed by atoms with E-state index in [2.05, 4.69) is 32.0 Å². The molecule has 0 radical (unpaired) electrons. The zero-order chi connectivity index (χ0) is 30.9. The van der Waals surface area contributed by atoms with Crippen LogP contribution in [0.15, 0.2) is 53.5 Å². The first kappa shape index (κ1) is 29.5. The number of aromatic amines is 2. The van der Waals surface area contributed by atoms with Gasteiger partial charge < -0.3 is 24.4 Å². The molecule has 2 N–H and O–H groups in total. The van der Waals surface area contributed by atoms with E-state index in [-0.39, 0.29) is 17.6 Å². The molecule has 0 saturated carbocycles. The summed E-state index contributed by atoms with van der Waals surface area (Å²) < 4.78 is 7.87. The maximum absolute atomic E-state index is 14.0. The minimum absolute atomic E-state index is 0.0154. The lowest BCUT2D eigenvalue weighted by atomic mass is 10.00. The number of carbonyl (C=O) groups excluding carboxylic acids is 2. The number of fused-ring (bicyclic) bond motifs is 2. The molecule has 2 aromatic carbocycles. The summed E-state index contributed by atoms with van der Waals surface area (Å²) in [5, 5.41) is 8.03. The monoisotopic (exact) mass is 614 g/mol. The largest absolute Gasteiger partial charge is 0.436 e. The fourth-order valence-electron chi connectivity index (χ4n) is 7.29. The summed E-state index contributed by atoms with van der Waals surface area (Å²) >= 11 is 0. The summed E-state index contributed by atoms with van der Waals surface area (Å²) in [7, 11) is 2.16. The summed E-state index contributed by atoms with van der Waals surface area (Å²) in [6.45, 7) is 6.52. The Morgan fingerprint density at radius 2 is 1.60 bits per heavy atom. The Bertz CT molecular complexity index is 1700. The number of amides is 2. The molecule has 2 amide bonds. The Morgan fingerprint density at radius 3 is 2.38 bits per heavy atom. The third kappa shape index (κ3) is 6.21. The van der Waals surface area contributed by atoms with Crippen molar-refractivity contribution < 1.29 is 14.3 Å². The Morgan fingerprint density at radius 1 is 0.889 bits per heavy atom. The van der Waals surface area contributed by atoms with Gasteiger partial charge in [0.1, 0.15) is 0 Å². The van der Waals surface area contributed by atoms with E-state index in [9.17, 15) is 14.4 Å². The van der Waals surface area contributed by atoms with E-state index >= 15 is 0 Å². The summed E-state index contributed by atoms with van der Waals surface area (Å²) in [5.41, 5.74) is 3.39. The predicted octanol–water partition coefficient (Wildman–Crippen LogP) is 2.83. The highest BCUT2D eigenvalue weighted by Crippen LogP contribution is 2.26. The average molecular weight is 615 g/mol. The van der Waals surface area contributed by atoms with Crippen LogP contribution in [0.5, 0.6) is 0 Å². The van der Waals surface area contributed by atoms with Crippen LogP contribution in [0.1, 0.15) is 37.3 Å². The van der Waals surface area contributed by atoms with Gasteiger partial charge in [0.15, 0.2) is 6.10 Å². The Hall–Kier alpha value is -4.16. The second kappa shape index (κ2) is 12.7. The van der Waals surface area contributed by atoms with Crippen LogP contribution < -0.4 is 5.69 Å². The maximum atomic E-state index is 14.0. The lowest BCUT2D eigenvalue weighted by Crippen LogP contribution is -2.54. The molecule has 0 aliphatic carbocycles. The Kier molecular flexibility index (Phi) is 8.33. The second-order valence-electron chi connectivity index (χ2n) is 12.8. The van der Waals surface area contributed by atoms with Gasteiger partial charge in [-0.15, -0.1) is 0 Å². The number of likely N-dealkylation sites (N-methyl/N-ethyl adjacent to an activating group) is 1. The van der Waals surface area contributed by atoms with Crippen molar-refractivity contribution in [2.75, 3.05) is 59.4 Å². The molecule has 0 spiro atoms. The van der Waals surface area contributed by atoms with Crippen LogP contribution in [-0.4, -0.2) is 123 Å². The van der Waals surface area contributed by atoms with E-state index in [1.807, 2.05) is 51.9 Å². The number of benzene rings is 2. The molecule has 3 aliphatic rings. The van der Waals surface area contributed by atoms with Gasteiger partial charge in [0.25, 0.3) is 5.91 Å². The zero-order valence-corrected chi connectivity index (χ0v) is 25.9. The van der Waals surface area contributed by atoms with Gasteiger partial charge in [-0.05, 0) is 62.6 Å². The summed E-state index contributed by atoms with van der Waals surface area (Å²) in [6, 6.07) is 14.0. The number of H-pyrrole nitrogens is 2. The number of ether oxygens (including phenoxy) is 1. The topological polar surface area (TPSA) is 123 Å². The highest BCUT2D eigenvalue weighted by atomic mass is 16.6. The summed E-state index contributed by atoms with van der Waals surface area (Å²) in [5.74, 6) is -0.132. The molecular weight excluding hydrogens is 572 g/mol. The molecular formula is C33H42N8O4. The van der Waals surface area contributed by atoms with Gasteiger partial charge in [0, 0.05) is 76.2 Å². The molecule has 1 atom stereocenters. The average Bonchev–Trinajstić information content (AvgIpc) is 3.67. The molecule has 5 heterocycles. The molecule has 12 nitrogen and oxygen atoms in total. The van der Waals surface area contributed by atoms with Gasteiger partial charge in [0.05, 0.1) is 22.7 Å². The van der Waals surface area contributed by atoms with Crippen molar-refractivity contribution in [3.05, 3.63) is 64.7 Å². The van der Waals surface area contributed by atoms with Gasteiger partial charge in [0.2, 0.25) is 0 Å². The van der Waals surface area contributed by atoms with Crippen LogP contribution >= 0.6 is 0 Å². The number of nitrogens with one attached hydrogen (secondary N) is 2. The van der Waals surface area contributed by atoms with E-state index in [0.29, 0.717) is 51.5 Å². The molecule has 3 aliphatic heterocycles. The predicted molar refractivity (Wildman–Crippen MR) is 171 cm³/mol. The minimum atomic E-state index is -0.920. The molecule has 238 valence electrons. The third-order valence-corrected chi connectivity index (χ3v) is 9.99. The lowest BCUT2D eigenvalue weighted by molar-refractivity contribution is -0.142. The number of rotatable bonds is 6.